The lowest BCUT2D eigenvalue weighted by Crippen LogP contribution is -2.58. The van der Waals surface area contributed by atoms with Crippen molar-refractivity contribution >= 4 is 28.4 Å². The van der Waals surface area contributed by atoms with Gasteiger partial charge in [0.05, 0.1) is 46.8 Å². The Morgan fingerprint density at radius 3 is 2.20 bits per heavy atom. The van der Waals surface area contributed by atoms with Crippen molar-refractivity contribution in [3.05, 3.63) is 117 Å². The highest BCUT2D eigenvalue weighted by Gasteiger charge is 2.56. The van der Waals surface area contributed by atoms with E-state index < -0.39 is 16.9 Å². The molecule has 50 heavy (non-hydrogen) atoms. The highest BCUT2D eigenvalue weighted by atomic mass is 127. The van der Waals surface area contributed by atoms with E-state index in [9.17, 15) is 0 Å². The zero-order valence-electron chi connectivity index (χ0n) is 29.8. The van der Waals surface area contributed by atoms with Crippen molar-refractivity contribution in [2.45, 2.75) is 77.5 Å². The fourth-order valence-corrected chi connectivity index (χ4v) is 8.29. The molecule has 1 saturated carbocycles. The number of rotatable bonds is 17. The molecule has 0 aromatic heterocycles. The van der Waals surface area contributed by atoms with Crippen LogP contribution in [-0.2, 0) is 43.6 Å². The van der Waals surface area contributed by atoms with E-state index in [1.807, 2.05) is 72.8 Å². The number of hydrogen-bond donors (Lipinski definition) is 0. The van der Waals surface area contributed by atoms with E-state index in [-0.39, 0.29) is 24.6 Å². The molecule has 0 heterocycles. The maximum Gasteiger partial charge on any atom is 0.169 e. The lowest BCUT2D eigenvalue weighted by Gasteiger charge is -2.51. The largest absolute Gasteiger partial charge is 0.493 e. The van der Waals surface area contributed by atoms with Crippen LogP contribution in [0.25, 0.3) is 0 Å². The second-order valence-electron chi connectivity index (χ2n) is 13.7. The summed E-state index contributed by atoms with van der Waals surface area (Å²) in [5.41, 5.74) is 2.80. The van der Waals surface area contributed by atoms with E-state index in [1.54, 1.807) is 14.2 Å². The van der Waals surface area contributed by atoms with Gasteiger partial charge in [0.25, 0.3) is 0 Å². The molecular formula is C42H51IO7. The van der Waals surface area contributed by atoms with Crippen LogP contribution in [0.5, 0.6) is 11.5 Å². The van der Waals surface area contributed by atoms with Gasteiger partial charge in [-0.15, -0.1) is 6.58 Å². The first-order valence-corrected chi connectivity index (χ1v) is 18.5. The number of ether oxygens (including phenoxy) is 6. The Balaban J connectivity index is 1.37. The normalized spacial score (nSPS) is 25.3. The first kappa shape index (κ1) is 38.2. The van der Waals surface area contributed by atoms with Crippen LogP contribution in [0.2, 0.25) is 0 Å². The summed E-state index contributed by atoms with van der Waals surface area (Å²) in [6.07, 6.45) is 5.33. The second-order valence-corrected chi connectivity index (χ2v) is 15.0. The molecular weight excluding hydrogens is 743 g/mol. The zero-order chi connectivity index (χ0) is 35.6. The van der Waals surface area contributed by atoms with Crippen LogP contribution in [0, 0.1) is 17.3 Å². The smallest absolute Gasteiger partial charge is 0.169 e. The third-order valence-corrected chi connectivity index (χ3v) is 11.8. The molecule has 0 amide bonds. The highest BCUT2D eigenvalue weighted by molar-refractivity contribution is 14.1. The van der Waals surface area contributed by atoms with Crippen molar-refractivity contribution in [1.29, 1.82) is 0 Å². The first-order chi connectivity index (χ1) is 24.2. The van der Waals surface area contributed by atoms with E-state index >= 15 is 4.79 Å². The Hall–Kier alpha value is -3.02. The molecule has 0 radical (unpaired) electrons. The molecule has 0 N–H and O–H groups in total. The van der Waals surface area contributed by atoms with Gasteiger partial charge in [-0.1, -0.05) is 85.3 Å². The van der Waals surface area contributed by atoms with Crippen molar-refractivity contribution in [2.24, 2.45) is 17.3 Å². The van der Waals surface area contributed by atoms with Crippen molar-refractivity contribution in [2.75, 3.05) is 27.6 Å². The number of benzene rings is 3. The zero-order valence-corrected chi connectivity index (χ0v) is 32.0. The van der Waals surface area contributed by atoms with E-state index in [0.717, 1.165) is 36.0 Å². The highest BCUT2D eigenvalue weighted by Crippen LogP contribution is 2.52. The Morgan fingerprint density at radius 2 is 1.56 bits per heavy atom. The van der Waals surface area contributed by atoms with Crippen LogP contribution in [0.4, 0.5) is 0 Å². The summed E-state index contributed by atoms with van der Waals surface area (Å²) in [5, 5.41) is 0. The van der Waals surface area contributed by atoms with Gasteiger partial charge in [-0.3, -0.25) is 4.79 Å². The third-order valence-electron chi connectivity index (χ3n) is 10.5. The van der Waals surface area contributed by atoms with Crippen LogP contribution in [0.15, 0.2) is 101 Å². The van der Waals surface area contributed by atoms with Crippen LogP contribution in [-0.4, -0.2) is 45.1 Å². The summed E-state index contributed by atoms with van der Waals surface area (Å²) < 4.78 is 37.6. The Kier molecular flexibility index (Phi) is 13.7. The van der Waals surface area contributed by atoms with Crippen LogP contribution >= 0.6 is 22.6 Å². The fraction of sp³-hybridized carbons (Fsp3) is 0.452. The maximum atomic E-state index is 15.4. The summed E-state index contributed by atoms with van der Waals surface area (Å²) in [6.45, 7) is 10.3. The minimum absolute atomic E-state index is 0.0754. The van der Waals surface area contributed by atoms with Gasteiger partial charge in [-0.2, -0.15) is 0 Å². The number of carbonyl (C=O) groups excluding carboxylic acids is 1. The molecule has 2 aliphatic rings. The molecule has 0 bridgehead atoms. The minimum Gasteiger partial charge on any atom is -0.493 e. The van der Waals surface area contributed by atoms with Crippen LogP contribution in [0.3, 0.4) is 0 Å². The van der Waals surface area contributed by atoms with Crippen molar-refractivity contribution < 1.29 is 33.2 Å². The van der Waals surface area contributed by atoms with E-state index in [4.69, 9.17) is 28.4 Å². The molecule has 5 rings (SSSR count). The minimum atomic E-state index is -0.968. The predicted octanol–water partition coefficient (Wildman–Crippen LogP) is 9.42. The molecule has 2 aliphatic carbocycles. The molecule has 0 saturated heterocycles. The van der Waals surface area contributed by atoms with Gasteiger partial charge in [-0.25, -0.2) is 0 Å². The first-order valence-electron chi connectivity index (χ1n) is 17.4. The van der Waals surface area contributed by atoms with E-state index in [2.05, 4.69) is 55.2 Å². The molecule has 1 fully saturated rings. The quantitative estimate of drug-likeness (QED) is 0.0584. The van der Waals surface area contributed by atoms with Crippen molar-refractivity contribution in [3.8, 4) is 11.5 Å². The van der Waals surface area contributed by atoms with Crippen LogP contribution in [0.1, 0.15) is 62.6 Å². The number of halogens is 1. The maximum absolute atomic E-state index is 15.4. The molecule has 7 nitrogen and oxygen atoms in total. The third kappa shape index (κ3) is 9.06. The number of ketones is 1. The SMILES string of the molecule is C=C[C@]1(C)[C@@H](OCc2ccccc2)CC[C@@H](COCOCc2ccc(OC)c(OC)c2)[C@H]1C(=O)[C@]1(OCc2ccccc2)CCC(C)=C(I)C1. The van der Waals surface area contributed by atoms with Gasteiger partial charge in [0.1, 0.15) is 12.4 Å². The van der Waals surface area contributed by atoms with Crippen molar-refractivity contribution in [3.63, 3.8) is 0 Å². The standard InChI is InChI=1S/C42H51IO7/c1-6-41(3)38(49-26-31-13-9-7-10-14-31)20-18-34(28-48-29-47-25-33-17-19-36(45-4)37(23-33)46-5)39(41)40(44)42(22-21-30(2)35(43)24-42)50-27-32-15-11-8-12-16-32/h6-17,19,23,34,38-39H,1,18,20-22,24-29H2,2-5H3/t34-,38-,39-,41+,42-/m0/s1. The summed E-state index contributed by atoms with van der Waals surface area (Å²) in [7, 11) is 3.23. The van der Waals surface area contributed by atoms with Gasteiger partial charge < -0.3 is 28.4 Å². The lowest BCUT2D eigenvalue weighted by molar-refractivity contribution is -0.173. The molecule has 268 valence electrons. The molecule has 5 atom stereocenters. The van der Waals surface area contributed by atoms with Gasteiger partial charge in [0.2, 0.25) is 0 Å². The summed E-state index contributed by atoms with van der Waals surface area (Å²) in [6, 6.07) is 26.0. The predicted molar refractivity (Wildman–Crippen MR) is 204 cm³/mol. The molecule has 0 aliphatic heterocycles. The Labute approximate surface area is 311 Å². The second kappa shape index (κ2) is 18.0. The average molecular weight is 795 g/mol. The van der Waals surface area contributed by atoms with Crippen LogP contribution < -0.4 is 9.47 Å². The van der Waals surface area contributed by atoms with Gasteiger partial charge in [0.15, 0.2) is 17.3 Å². The van der Waals surface area contributed by atoms with Gasteiger partial charge in [-0.05, 0) is 93.5 Å². The number of allylic oxidation sites excluding steroid dienone is 1. The fourth-order valence-electron chi connectivity index (χ4n) is 7.41. The number of methoxy groups -OCH3 is 2. The molecule has 8 heteroatoms. The lowest BCUT2D eigenvalue weighted by atomic mass is 9.57. The van der Waals surface area contributed by atoms with E-state index in [1.165, 1.54) is 9.15 Å². The number of carbonyl (C=O) groups is 1. The summed E-state index contributed by atoms with van der Waals surface area (Å²) in [4.78, 5) is 15.4. The Bertz CT molecular complexity index is 1590. The molecule has 3 aromatic rings. The Morgan fingerprint density at radius 1 is 0.880 bits per heavy atom. The number of hydrogen-bond acceptors (Lipinski definition) is 7. The number of Topliss-reactive ketones (excluding diaryl/α,β-unsaturated/α-hetero) is 1. The summed E-state index contributed by atoms with van der Waals surface area (Å²) >= 11 is 2.41. The topological polar surface area (TPSA) is 72.5 Å². The van der Waals surface area contributed by atoms with E-state index in [0.29, 0.717) is 50.8 Å². The molecule has 3 aromatic carbocycles. The van der Waals surface area contributed by atoms with Gasteiger partial charge in [0, 0.05) is 17.8 Å². The summed E-state index contributed by atoms with van der Waals surface area (Å²) in [5.74, 6) is 0.926. The monoisotopic (exact) mass is 794 g/mol. The average Bonchev–Trinajstić information content (AvgIpc) is 3.15. The van der Waals surface area contributed by atoms with Gasteiger partial charge >= 0.3 is 0 Å². The molecule has 0 spiro atoms. The van der Waals surface area contributed by atoms with Crippen molar-refractivity contribution in [1.82, 2.24) is 0 Å². The molecule has 0 unspecified atom stereocenters.